The van der Waals surface area contributed by atoms with Crippen molar-refractivity contribution in [3.8, 4) is 11.8 Å². The molecule has 1 aliphatic rings. The molecule has 33 heavy (non-hydrogen) atoms. The highest BCUT2D eigenvalue weighted by atomic mass is 35.5. The standard InChI is InChI=1S/C25H25ClN6O/c1-31(2)11-4-7-23(33)32-12-10-19(16-32)15-27-24-22-14-21(30-25(22)29-17-28-24)9-8-18-5-3-6-20(26)13-18/h3-7,13-15,17,19H,10-12,16H2,1-2H3,(H,28,29,30)/b7-4+,27-15?. The number of likely N-dealkylation sites (tertiary alicyclic amines) is 1. The maximum absolute atomic E-state index is 12.3. The number of amides is 1. The fraction of sp³-hybridized carbons (Fsp3) is 0.280. The largest absolute Gasteiger partial charge is 0.338 e. The van der Waals surface area contributed by atoms with Crippen LogP contribution in [0.15, 0.2) is 53.8 Å². The summed E-state index contributed by atoms with van der Waals surface area (Å²) in [4.78, 5) is 32.7. The molecule has 1 fully saturated rings. The number of hydrogen-bond donors (Lipinski definition) is 1. The number of fused-ring (bicyclic) bond motifs is 1. The molecule has 4 rings (SSSR count). The summed E-state index contributed by atoms with van der Waals surface area (Å²) in [6, 6.07) is 9.31. The Morgan fingerprint density at radius 1 is 1.33 bits per heavy atom. The van der Waals surface area contributed by atoms with Gasteiger partial charge >= 0.3 is 0 Å². The predicted octanol–water partition coefficient (Wildman–Crippen LogP) is 3.68. The van der Waals surface area contributed by atoms with Crippen LogP contribution in [0.25, 0.3) is 11.0 Å². The Labute approximate surface area is 198 Å². The minimum absolute atomic E-state index is 0.0470. The normalized spacial score (nSPS) is 16.2. The fourth-order valence-corrected chi connectivity index (χ4v) is 3.75. The molecule has 0 bridgehead atoms. The number of likely N-dealkylation sites (N-methyl/N-ethyl adjacent to an activating group) is 1. The molecule has 168 valence electrons. The van der Waals surface area contributed by atoms with E-state index in [1.165, 1.54) is 6.33 Å². The van der Waals surface area contributed by atoms with Gasteiger partial charge in [-0.25, -0.2) is 15.0 Å². The van der Waals surface area contributed by atoms with Crippen molar-refractivity contribution in [3.05, 3.63) is 65.1 Å². The Kier molecular flexibility index (Phi) is 7.18. The van der Waals surface area contributed by atoms with Gasteiger partial charge in [-0.1, -0.05) is 29.7 Å². The monoisotopic (exact) mass is 460 g/mol. The molecule has 3 heterocycles. The number of aromatic amines is 1. The smallest absolute Gasteiger partial charge is 0.246 e. The van der Waals surface area contributed by atoms with E-state index in [4.69, 9.17) is 11.6 Å². The van der Waals surface area contributed by atoms with Gasteiger partial charge in [-0.2, -0.15) is 0 Å². The van der Waals surface area contributed by atoms with Crippen molar-refractivity contribution in [2.24, 2.45) is 10.9 Å². The topological polar surface area (TPSA) is 77.5 Å². The van der Waals surface area contributed by atoms with Crippen LogP contribution in [0.2, 0.25) is 5.02 Å². The van der Waals surface area contributed by atoms with Gasteiger partial charge in [0.05, 0.1) is 11.1 Å². The highest BCUT2D eigenvalue weighted by molar-refractivity contribution is 6.30. The second-order valence-corrected chi connectivity index (χ2v) is 8.62. The van der Waals surface area contributed by atoms with Gasteiger partial charge in [0, 0.05) is 48.4 Å². The molecule has 0 spiro atoms. The van der Waals surface area contributed by atoms with Crippen molar-refractivity contribution in [1.82, 2.24) is 24.8 Å². The lowest BCUT2D eigenvalue weighted by molar-refractivity contribution is -0.125. The Morgan fingerprint density at radius 2 is 2.21 bits per heavy atom. The zero-order chi connectivity index (χ0) is 23.2. The summed E-state index contributed by atoms with van der Waals surface area (Å²) in [5.74, 6) is 7.03. The first-order chi connectivity index (χ1) is 16.0. The molecular formula is C25H25ClN6O. The van der Waals surface area contributed by atoms with Gasteiger partial charge in [0.1, 0.15) is 12.0 Å². The number of aliphatic imine (C=N–C) groups is 1. The van der Waals surface area contributed by atoms with Crippen LogP contribution in [0, 0.1) is 17.8 Å². The van der Waals surface area contributed by atoms with E-state index in [9.17, 15) is 4.79 Å². The van der Waals surface area contributed by atoms with Crippen LogP contribution in [0.1, 0.15) is 17.7 Å². The van der Waals surface area contributed by atoms with Crippen LogP contribution >= 0.6 is 11.6 Å². The molecule has 8 heteroatoms. The average Bonchev–Trinajstić information content (AvgIpc) is 3.43. The number of halogens is 1. The molecule has 1 unspecified atom stereocenters. The van der Waals surface area contributed by atoms with Crippen LogP contribution < -0.4 is 0 Å². The van der Waals surface area contributed by atoms with Crippen LogP contribution in [0.4, 0.5) is 5.82 Å². The van der Waals surface area contributed by atoms with Crippen LogP contribution in [0.5, 0.6) is 0 Å². The first-order valence-corrected chi connectivity index (χ1v) is 11.1. The second-order valence-electron chi connectivity index (χ2n) is 8.18. The summed E-state index contributed by atoms with van der Waals surface area (Å²) in [5.41, 5.74) is 2.24. The average molecular weight is 461 g/mol. The number of aromatic nitrogens is 3. The third kappa shape index (κ3) is 6.07. The fourth-order valence-electron chi connectivity index (χ4n) is 3.56. The molecule has 1 N–H and O–H groups in total. The van der Waals surface area contributed by atoms with Crippen molar-refractivity contribution in [2.75, 3.05) is 33.7 Å². The Hall–Kier alpha value is -3.47. The third-order valence-electron chi connectivity index (χ3n) is 5.25. The van der Waals surface area contributed by atoms with Gasteiger partial charge in [-0.3, -0.25) is 4.79 Å². The summed E-state index contributed by atoms with van der Waals surface area (Å²) in [5, 5.41) is 1.46. The van der Waals surface area contributed by atoms with Crippen molar-refractivity contribution >= 4 is 40.6 Å². The molecule has 1 amide bonds. The molecule has 1 atom stereocenters. The Bertz CT molecular complexity index is 1270. The van der Waals surface area contributed by atoms with Gasteiger partial charge < -0.3 is 14.8 Å². The molecule has 1 saturated heterocycles. The summed E-state index contributed by atoms with van der Waals surface area (Å²) in [6.45, 7) is 2.14. The lowest BCUT2D eigenvalue weighted by Crippen LogP contribution is -2.27. The van der Waals surface area contributed by atoms with Crippen molar-refractivity contribution in [2.45, 2.75) is 6.42 Å². The highest BCUT2D eigenvalue weighted by Gasteiger charge is 2.23. The maximum Gasteiger partial charge on any atom is 0.246 e. The summed E-state index contributed by atoms with van der Waals surface area (Å²) < 4.78 is 0. The van der Waals surface area contributed by atoms with E-state index < -0.39 is 0 Å². The number of carbonyl (C=O) groups is 1. The van der Waals surface area contributed by atoms with E-state index in [-0.39, 0.29) is 11.8 Å². The second kappa shape index (κ2) is 10.4. The first-order valence-electron chi connectivity index (χ1n) is 10.7. The number of rotatable bonds is 5. The van der Waals surface area contributed by atoms with E-state index >= 15 is 0 Å². The number of nitrogens with one attached hydrogen (secondary N) is 1. The van der Waals surface area contributed by atoms with Gasteiger partial charge in [-0.15, -0.1) is 0 Å². The van der Waals surface area contributed by atoms with E-state index in [0.717, 1.165) is 36.2 Å². The summed E-state index contributed by atoms with van der Waals surface area (Å²) in [7, 11) is 3.95. The van der Waals surface area contributed by atoms with Crippen LogP contribution in [-0.4, -0.2) is 70.6 Å². The molecule has 0 radical (unpaired) electrons. The lowest BCUT2D eigenvalue weighted by atomic mass is 10.1. The van der Waals surface area contributed by atoms with E-state index in [1.54, 1.807) is 6.08 Å². The first kappa shape index (κ1) is 22.7. The Morgan fingerprint density at radius 3 is 3.03 bits per heavy atom. The van der Waals surface area contributed by atoms with Crippen molar-refractivity contribution in [3.63, 3.8) is 0 Å². The van der Waals surface area contributed by atoms with Crippen LogP contribution in [-0.2, 0) is 4.79 Å². The number of carbonyl (C=O) groups excluding carboxylic acids is 1. The molecular weight excluding hydrogens is 436 g/mol. The third-order valence-corrected chi connectivity index (χ3v) is 5.48. The van der Waals surface area contributed by atoms with Crippen LogP contribution in [0.3, 0.4) is 0 Å². The Balaban J connectivity index is 1.44. The van der Waals surface area contributed by atoms with E-state index in [0.29, 0.717) is 23.0 Å². The van der Waals surface area contributed by atoms with Gasteiger partial charge in [0.2, 0.25) is 5.91 Å². The van der Waals surface area contributed by atoms with Gasteiger partial charge in [-0.05, 0) is 50.7 Å². The molecule has 1 aromatic carbocycles. The number of hydrogen-bond acceptors (Lipinski definition) is 5. The van der Waals surface area contributed by atoms with Gasteiger partial charge in [0.25, 0.3) is 0 Å². The minimum atomic E-state index is 0.0470. The zero-order valence-electron chi connectivity index (χ0n) is 18.6. The summed E-state index contributed by atoms with van der Waals surface area (Å²) in [6.07, 6.45) is 7.80. The number of H-pyrrole nitrogens is 1. The summed E-state index contributed by atoms with van der Waals surface area (Å²) >= 11 is 6.02. The SMILES string of the molecule is CN(C)C/C=C/C(=O)N1CCC(C=Nc2ncnc3[nH]c(C#Cc4cccc(Cl)c4)cc23)C1. The molecule has 0 aliphatic carbocycles. The molecule has 0 saturated carbocycles. The van der Waals surface area contributed by atoms with Crippen molar-refractivity contribution in [1.29, 1.82) is 0 Å². The molecule has 3 aromatic rings. The molecule has 1 aliphatic heterocycles. The lowest BCUT2D eigenvalue weighted by Gasteiger charge is -2.13. The van der Waals surface area contributed by atoms with Gasteiger partial charge in [0.15, 0.2) is 5.82 Å². The number of benzene rings is 1. The van der Waals surface area contributed by atoms with E-state index in [1.807, 2.05) is 66.5 Å². The number of nitrogens with zero attached hydrogens (tertiary/aromatic N) is 5. The molecule has 2 aromatic heterocycles. The highest BCUT2D eigenvalue weighted by Crippen LogP contribution is 2.23. The van der Waals surface area contributed by atoms with Crippen molar-refractivity contribution < 1.29 is 4.79 Å². The molecule has 7 nitrogen and oxygen atoms in total. The zero-order valence-corrected chi connectivity index (χ0v) is 19.4. The van der Waals surface area contributed by atoms with E-state index in [2.05, 4.69) is 31.8 Å². The maximum atomic E-state index is 12.3. The quantitative estimate of drug-likeness (QED) is 0.358. The minimum Gasteiger partial charge on any atom is -0.338 e. The predicted molar refractivity (Wildman–Crippen MR) is 132 cm³/mol.